The van der Waals surface area contributed by atoms with Crippen molar-refractivity contribution >= 4 is 16.1 Å². The molecule has 0 fully saturated rings. The number of carbonyl (C=O) groups excluding carboxylic acids is 1. The molecular formula is C8F8O4S. The van der Waals surface area contributed by atoms with E-state index in [0.717, 1.165) is 0 Å². The normalized spacial score (nSPS) is 12.4. The van der Waals surface area contributed by atoms with Gasteiger partial charge in [-0.25, -0.2) is 26.7 Å². The summed E-state index contributed by atoms with van der Waals surface area (Å²) in [6.45, 7) is 0. The van der Waals surface area contributed by atoms with Crippen LogP contribution in [0.15, 0.2) is 0 Å². The maximum atomic E-state index is 13.0. The molecule has 0 aliphatic carbocycles. The first-order chi connectivity index (χ1) is 9.31. The average molecular weight is 344 g/mol. The smallest absolute Gasteiger partial charge is 0.335 e. The first-order valence-electron chi connectivity index (χ1n) is 4.37. The molecule has 21 heavy (non-hydrogen) atoms. The molecule has 0 aliphatic rings. The predicted octanol–water partition coefficient (Wildman–Crippen LogP) is 2.39. The number of rotatable bonds is 2. The Kier molecular flexibility index (Phi) is 4.18. The Hall–Kier alpha value is -1.92. The number of hydrogen-bond acceptors (Lipinski definition) is 4. The highest BCUT2D eigenvalue weighted by molar-refractivity contribution is 7.88. The molecule has 0 heterocycles. The Morgan fingerprint density at radius 3 is 1.48 bits per heavy atom. The second-order valence-corrected chi connectivity index (χ2v) is 4.75. The summed E-state index contributed by atoms with van der Waals surface area (Å²) in [5.74, 6) is -16.6. The first-order valence-corrected chi connectivity index (χ1v) is 5.78. The van der Waals surface area contributed by atoms with Crippen LogP contribution in [0.4, 0.5) is 35.1 Å². The molecular weight excluding hydrogens is 344 g/mol. The van der Waals surface area contributed by atoms with E-state index in [0.29, 0.717) is 0 Å². The van der Waals surface area contributed by atoms with Crippen LogP contribution in [0.25, 0.3) is 0 Å². The monoisotopic (exact) mass is 344 g/mol. The molecule has 0 aliphatic heterocycles. The van der Waals surface area contributed by atoms with E-state index in [4.69, 9.17) is 0 Å². The van der Waals surface area contributed by atoms with Gasteiger partial charge in [-0.2, -0.15) is 21.6 Å². The van der Waals surface area contributed by atoms with Crippen molar-refractivity contribution in [2.45, 2.75) is 5.51 Å². The predicted molar refractivity (Wildman–Crippen MR) is 46.6 cm³/mol. The van der Waals surface area contributed by atoms with Gasteiger partial charge in [0.2, 0.25) is 5.82 Å². The van der Waals surface area contributed by atoms with Crippen LogP contribution >= 0.6 is 0 Å². The van der Waals surface area contributed by atoms with Crippen molar-refractivity contribution in [3.8, 4) is 0 Å². The summed E-state index contributed by atoms with van der Waals surface area (Å²) in [6, 6.07) is 0. The molecule has 0 saturated heterocycles. The Labute approximate surface area is 110 Å². The third-order valence-corrected chi connectivity index (χ3v) is 2.82. The summed E-state index contributed by atoms with van der Waals surface area (Å²) in [4.78, 5) is 10.9. The van der Waals surface area contributed by atoms with E-state index in [1.165, 1.54) is 0 Å². The third kappa shape index (κ3) is 2.91. The molecule has 0 radical (unpaired) electrons. The zero-order chi connectivity index (χ0) is 16.7. The van der Waals surface area contributed by atoms with Crippen LogP contribution in [0.1, 0.15) is 10.4 Å². The van der Waals surface area contributed by atoms with Crippen molar-refractivity contribution in [2.75, 3.05) is 0 Å². The molecule has 0 saturated carbocycles. The van der Waals surface area contributed by atoms with Gasteiger partial charge in [0.05, 0.1) is 0 Å². The highest BCUT2D eigenvalue weighted by Gasteiger charge is 2.50. The molecule has 0 aromatic heterocycles. The fraction of sp³-hybridized carbons (Fsp3) is 0.125. The van der Waals surface area contributed by atoms with Gasteiger partial charge in [0.15, 0.2) is 23.3 Å². The van der Waals surface area contributed by atoms with Crippen LogP contribution in [-0.4, -0.2) is 19.9 Å². The average Bonchev–Trinajstić information content (AvgIpc) is 2.32. The number of alkyl halides is 3. The molecule has 0 N–H and O–H groups in total. The fourth-order valence-corrected chi connectivity index (χ4v) is 1.35. The van der Waals surface area contributed by atoms with Gasteiger partial charge in [-0.1, -0.05) is 0 Å². The molecule has 1 aromatic rings. The summed E-state index contributed by atoms with van der Waals surface area (Å²) in [7, 11) is -6.64. The summed E-state index contributed by atoms with van der Waals surface area (Å²) >= 11 is 0. The van der Waals surface area contributed by atoms with Gasteiger partial charge in [-0.05, 0) is 0 Å². The largest absolute Gasteiger partial charge is 0.534 e. The second-order valence-electron chi connectivity index (χ2n) is 3.22. The molecule has 118 valence electrons. The Morgan fingerprint density at radius 2 is 1.14 bits per heavy atom. The van der Waals surface area contributed by atoms with Crippen LogP contribution in [0.2, 0.25) is 0 Å². The zero-order valence-corrected chi connectivity index (χ0v) is 9.88. The van der Waals surface area contributed by atoms with Gasteiger partial charge < -0.3 is 4.18 Å². The lowest BCUT2D eigenvalue weighted by Gasteiger charge is -2.10. The van der Waals surface area contributed by atoms with E-state index in [2.05, 4.69) is 4.18 Å². The molecule has 0 amide bonds. The van der Waals surface area contributed by atoms with Crippen LogP contribution in [0, 0.1) is 29.1 Å². The molecule has 0 atom stereocenters. The third-order valence-electron chi connectivity index (χ3n) is 1.88. The highest BCUT2D eigenvalue weighted by Crippen LogP contribution is 2.28. The SMILES string of the molecule is O=C(OS(=O)(=O)C(F)(F)F)c1c(F)c(F)c(F)c(F)c1F. The van der Waals surface area contributed by atoms with Gasteiger partial charge in [-0.3, -0.25) is 0 Å². The molecule has 4 nitrogen and oxygen atoms in total. The minimum atomic E-state index is -6.64. The summed E-state index contributed by atoms with van der Waals surface area (Å²) in [6.07, 6.45) is 0. The van der Waals surface area contributed by atoms with Gasteiger partial charge in [0, 0.05) is 0 Å². The van der Waals surface area contributed by atoms with Crippen molar-refractivity contribution < 1.29 is 52.5 Å². The van der Waals surface area contributed by atoms with Gasteiger partial charge >= 0.3 is 21.6 Å². The lowest BCUT2D eigenvalue weighted by Crippen LogP contribution is -2.29. The van der Waals surface area contributed by atoms with Crippen molar-refractivity contribution in [1.29, 1.82) is 0 Å². The Bertz CT molecular complexity index is 679. The van der Waals surface area contributed by atoms with Crippen LogP contribution < -0.4 is 0 Å². The maximum absolute atomic E-state index is 13.0. The van der Waals surface area contributed by atoms with Gasteiger partial charge in [0.1, 0.15) is 5.56 Å². The fourth-order valence-electron chi connectivity index (χ4n) is 0.973. The highest BCUT2D eigenvalue weighted by atomic mass is 32.2. The number of hydrogen-bond donors (Lipinski definition) is 0. The maximum Gasteiger partial charge on any atom is 0.534 e. The molecule has 1 rings (SSSR count). The van der Waals surface area contributed by atoms with E-state index in [1.54, 1.807) is 0 Å². The molecule has 0 bridgehead atoms. The van der Waals surface area contributed by atoms with E-state index in [9.17, 15) is 48.3 Å². The Morgan fingerprint density at radius 1 is 0.810 bits per heavy atom. The number of carbonyl (C=O) groups is 1. The molecule has 0 unspecified atom stereocenters. The minimum Gasteiger partial charge on any atom is -0.335 e. The number of benzene rings is 1. The standard InChI is InChI=1S/C8F8O4S/c9-2-1(3(10)5(12)6(13)4(2)11)7(17)20-21(18,19)8(14,15)16. The lowest BCUT2D eigenvalue weighted by molar-refractivity contribution is -0.0525. The van der Waals surface area contributed by atoms with Crippen LogP contribution in [-0.2, 0) is 14.3 Å². The van der Waals surface area contributed by atoms with E-state index in [1.807, 2.05) is 0 Å². The summed E-state index contributed by atoms with van der Waals surface area (Å²) < 4.78 is 123. The summed E-state index contributed by atoms with van der Waals surface area (Å²) in [5, 5.41) is 0. The van der Waals surface area contributed by atoms with Crippen molar-refractivity contribution in [3.63, 3.8) is 0 Å². The van der Waals surface area contributed by atoms with E-state index >= 15 is 0 Å². The van der Waals surface area contributed by atoms with Gasteiger partial charge in [-0.15, -0.1) is 0 Å². The van der Waals surface area contributed by atoms with E-state index in [-0.39, 0.29) is 0 Å². The minimum absolute atomic E-state index is 2.47. The number of halogens is 8. The van der Waals surface area contributed by atoms with E-state index < -0.39 is 56.2 Å². The van der Waals surface area contributed by atoms with Gasteiger partial charge in [0.25, 0.3) is 0 Å². The van der Waals surface area contributed by atoms with Crippen LogP contribution in [0.3, 0.4) is 0 Å². The lowest BCUT2D eigenvalue weighted by atomic mass is 10.1. The second kappa shape index (κ2) is 5.13. The molecule has 13 heteroatoms. The summed E-state index contributed by atoms with van der Waals surface area (Å²) in [5.41, 5.74) is -8.62. The topological polar surface area (TPSA) is 60.4 Å². The quantitative estimate of drug-likeness (QED) is 0.272. The van der Waals surface area contributed by atoms with Crippen molar-refractivity contribution in [1.82, 2.24) is 0 Å². The Balaban J connectivity index is 3.41. The van der Waals surface area contributed by atoms with Crippen molar-refractivity contribution in [3.05, 3.63) is 34.6 Å². The first kappa shape index (κ1) is 17.1. The zero-order valence-electron chi connectivity index (χ0n) is 9.06. The molecule has 1 aromatic carbocycles. The molecule has 0 spiro atoms. The van der Waals surface area contributed by atoms with Crippen LogP contribution in [0.5, 0.6) is 0 Å². The van der Waals surface area contributed by atoms with Crippen molar-refractivity contribution in [2.24, 2.45) is 0 Å².